The summed E-state index contributed by atoms with van der Waals surface area (Å²) in [6.07, 6.45) is 2.16. The van der Waals surface area contributed by atoms with E-state index in [4.69, 9.17) is 24.6 Å². The third-order valence-corrected chi connectivity index (χ3v) is 8.19. The first kappa shape index (κ1) is 24.8. The van der Waals surface area contributed by atoms with Crippen LogP contribution in [0.1, 0.15) is 33.0 Å². The van der Waals surface area contributed by atoms with Crippen LogP contribution in [0, 0.1) is 6.92 Å². The van der Waals surface area contributed by atoms with E-state index in [1.807, 2.05) is 56.5 Å². The van der Waals surface area contributed by atoms with Crippen LogP contribution in [0.5, 0.6) is 11.5 Å². The van der Waals surface area contributed by atoms with Gasteiger partial charge in [-0.2, -0.15) is 0 Å². The Kier molecular flexibility index (Phi) is 6.77. The van der Waals surface area contributed by atoms with Crippen LogP contribution in [0.4, 0.5) is 5.82 Å². The summed E-state index contributed by atoms with van der Waals surface area (Å²) in [5.74, 6) is 3.20. The predicted molar refractivity (Wildman–Crippen MR) is 139 cm³/mol. The van der Waals surface area contributed by atoms with Gasteiger partial charge in [0, 0.05) is 34.9 Å². The summed E-state index contributed by atoms with van der Waals surface area (Å²) < 4.78 is 34.3. The summed E-state index contributed by atoms with van der Waals surface area (Å²) in [6, 6.07) is 7.72. The van der Waals surface area contributed by atoms with Gasteiger partial charge in [0.05, 0.1) is 0 Å². The second kappa shape index (κ2) is 9.85. The number of fused-ring (bicyclic) bond motifs is 2. The topological polar surface area (TPSA) is 136 Å². The minimum Gasteiger partial charge on any atom is -0.598 e. The van der Waals surface area contributed by atoms with E-state index in [0.29, 0.717) is 46.7 Å². The first-order valence-electron chi connectivity index (χ1n) is 11.5. The number of ether oxygens (including phenoxy) is 2. The fourth-order valence-electron chi connectivity index (χ4n) is 3.71. The van der Waals surface area contributed by atoms with Crippen LogP contribution in [0.2, 0.25) is 0 Å². The number of nitrogen functional groups attached to an aromatic ring is 1. The number of hydrogen-bond acceptors (Lipinski definition) is 10. The molecule has 1 aromatic carbocycles. The average Bonchev–Trinajstić information content (AvgIpc) is 3.54. The molecule has 190 valence electrons. The number of imidazole rings is 1. The number of furan rings is 1. The van der Waals surface area contributed by atoms with Crippen molar-refractivity contribution in [2.75, 3.05) is 19.1 Å². The van der Waals surface area contributed by atoms with E-state index in [-0.39, 0.29) is 11.5 Å². The smallest absolute Gasteiger partial charge is 0.231 e. The summed E-state index contributed by atoms with van der Waals surface area (Å²) in [6.45, 7) is 9.09. The summed E-state index contributed by atoms with van der Waals surface area (Å²) in [4.78, 5) is 14.2. The zero-order chi connectivity index (χ0) is 25.4. The zero-order valence-corrected chi connectivity index (χ0v) is 22.2. The summed E-state index contributed by atoms with van der Waals surface area (Å²) in [5, 5.41) is 0.706. The molecule has 0 radical (unpaired) electrons. The molecule has 0 amide bonds. The lowest BCUT2D eigenvalue weighted by molar-refractivity contribution is 0.174. The Balaban J connectivity index is 1.48. The molecular weight excluding hydrogens is 500 g/mol. The number of nitrogens with one attached hydrogen (secondary N) is 1. The fraction of sp³-hybridized carbons (Fsp3) is 0.375. The van der Waals surface area contributed by atoms with Crippen molar-refractivity contribution in [2.45, 2.75) is 55.5 Å². The standard InChI is InChI=1S/C24H28N6O4S2/c1-14-6-7-16(34-14)15-10-17-18(33-13-32-17)11-19(15)35-23-29-20-21(25)26-12-27-22(20)30(23)9-5-8-28-36(31)24(2,3)4/h6-7,10-12,28H,5,8-9,13H2,1-4H3,(H2,25,26,27). The van der Waals surface area contributed by atoms with Crippen molar-refractivity contribution in [3.8, 4) is 22.8 Å². The number of rotatable bonds is 8. The molecule has 10 nitrogen and oxygen atoms in total. The Bertz CT molecular complexity index is 1400. The molecule has 1 aliphatic rings. The minimum absolute atomic E-state index is 0.174. The van der Waals surface area contributed by atoms with Gasteiger partial charge in [0.15, 0.2) is 33.6 Å². The molecule has 0 bridgehead atoms. The molecule has 1 aliphatic heterocycles. The molecule has 36 heavy (non-hydrogen) atoms. The Labute approximate surface area is 216 Å². The SMILES string of the molecule is Cc1ccc(-c2cc3c(cc2Sc2nc4c(N)ncnc4n2CCCN[S+]([O-])C(C)(C)C)OCO3)o1. The maximum absolute atomic E-state index is 12.4. The van der Waals surface area contributed by atoms with E-state index >= 15 is 0 Å². The number of hydrogen-bond donors (Lipinski definition) is 2. The molecule has 4 aromatic rings. The van der Waals surface area contributed by atoms with E-state index in [1.165, 1.54) is 18.1 Å². The van der Waals surface area contributed by atoms with Crippen LogP contribution in [-0.4, -0.2) is 42.2 Å². The maximum atomic E-state index is 12.4. The number of nitrogens with zero attached hydrogens (tertiary/aromatic N) is 4. The summed E-state index contributed by atoms with van der Waals surface area (Å²) in [7, 11) is 0. The molecule has 0 saturated carbocycles. The van der Waals surface area contributed by atoms with Crippen molar-refractivity contribution < 1.29 is 18.4 Å². The van der Waals surface area contributed by atoms with Gasteiger partial charge in [0.1, 0.15) is 22.6 Å². The second-order valence-electron chi connectivity index (χ2n) is 9.32. The predicted octanol–water partition coefficient (Wildman–Crippen LogP) is 4.30. The molecule has 3 aromatic heterocycles. The Morgan fingerprint density at radius 1 is 1.19 bits per heavy atom. The van der Waals surface area contributed by atoms with Gasteiger partial charge >= 0.3 is 0 Å². The lowest BCUT2D eigenvalue weighted by Crippen LogP contribution is -2.39. The number of nitrogens with two attached hydrogens (primary N) is 1. The highest BCUT2D eigenvalue weighted by molar-refractivity contribution is 7.99. The Morgan fingerprint density at radius 3 is 2.69 bits per heavy atom. The Morgan fingerprint density at radius 2 is 1.97 bits per heavy atom. The van der Waals surface area contributed by atoms with E-state index in [1.54, 1.807) is 0 Å². The van der Waals surface area contributed by atoms with Crippen molar-refractivity contribution in [1.82, 2.24) is 24.2 Å². The zero-order valence-electron chi connectivity index (χ0n) is 20.5. The van der Waals surface area contributed by atoms with Gasteiger partial charge in [-0.15, -0.1) is 4.72 Å². The number of benzene rings is 1. The summed E-state index contributed by atoms with van der Waals surface area (Å²) >= 11 is 0.329. The molecule has 4 heterocycles. The van der Waals surface area contributed by atoms with Crippen LogP contribution in [-0.2, 0) is 17.9 Å². The highest BCUT2D eigenvalue weighted by atomic mass is 32.2. The molecule has 0 saturated heterocycles. The third kappa shape index (κ3) is 4.99. The molecule has 3 N–H and O–H groups in total. The largest absolute Gasteiger partial charge is 0.598 e. The third-order valence-electron chi connectivity index (χ3n) is 5.55. The van der Waals surface area contributed by atoms with Crippen LogP contribution in [0.3, 0.4) is 0 Å². The van der Waals surface area contributed by atoms with E-state index in [0.717, 1.165) is 28.4 Å². The van der Waals surface area contributed by atoms with E-state index < -0.39 is 11.4 Å². The van der Waals surface area contributed by atoms with Gasteiger partial charge < -0.3 is 28.7 Å². The molecular formula is C24H28N6O4S2. The van der Waals surface area contributed by atoms with Crippen LogP contribution in [0.25, 0.3) is 22.5 Å². The molecule has 0 spiro atoms. The van der Waals surface area contributed by atoms with Crippen molar-refractivity contribution in [1.29, 1.82) is 0 Å². The number of aryl methyl sites for hydroxylation is 2. The van der Waals surface area contributed by atoms with Gasteiger partial charge in [-0.1, -0.05) is 11.8 Å². The minimum atomic E-state index is -1.14. The van der Waals surface area contributed by atoms with Gasteiger partial charge in [0.2, 0.25) is 6.79 Å². The van der Waals surface area contributed by atoms with E-state index in [2.05, 4.69) is 14.7 Å². The average molecular weight is 529 g/mol. The number of anilines is 1. The van der Waals surface area contributed by atoms with Crippen LogP contribution >= 0.6 is 11.8 Å². The second-order valence-corrected chi connectivity index (χ2v) is 12.4. The first-order chi connectivity index (χ1) is 17.2. The number of aromatic nitrogens is 4. The monoisotopic (exact) mass is 528 g/mol. The molecule has 0 aliphatic carbocycles. The molecule has 1 atom stereocenters. The van der Waals surface area contributed by atoms with Gasteiger partial charge in [-0.05, 0) is 58.4 Å². The quantitative estimate of drug-likeness (QED) is 0.252. The normalized spacial score (nSPS) is 14.0. The lowest BCUT2D eigenvalue weighted by Gasteiger charge is -2.23. The summed E-state index contributed by atoms with van der Waals surface area (Å²) in [5.41, 5.74) is 8.20. The van der Waals surface area contributed by atoms with Crippen molar-refractivity contribution in [3.63, 3.8) is 0 Å². The highest BCUT2D eigenvalue weighted by Gasteiger charge is 2.26. The Hall–Kier alpha value is -2.93. The van der Waals surface area contributed by atoms with Crippen LogP contribution < -0.4 is 19.9 Å². The van der Waals surface area contributed by atoms with Crippen molar-refractivity contribution >= 4 is 40.1 Å². The first-order valence-corrected chi connectivity index (χ1v) is 13.5. The van der Waals surface area contributed by atoms with Gasteiger partial charge in [-0.25, -0.2) is 15.0 Å². The van der Waals surface area contributed by atoms with Crippen LogP contribution in [0.15, 0.2) is 45.1 Å². The highest BCUT2D eigenvalue weighted by Crippen LogP contribution is 2.45. The van der Waals surface area contributed by atoms with Gasteiger partial charge in [-0.3, -0.25) is 0 Å². The molecule has 0 fully saturated rings. The molecule has 12 heteroatoms. The van der Waals surface area contributed by atoms with Gasteiger partial charge in [0.25, 0.3) is 0 Å². The fourth-order valence-corrected chi connectivity index (χ4v) is 5.53. The van der Waals surface area contributed by atoms with E-state index in [9.17, 15) is 4.55 Å². The molecule has 1 unspecified atom stereocenters. The van der Waals surface area contributed by atoms with Crippen molar-refractivity contribution in [2.24, 2.45) is 0 Å². The maximum Gasteiger partial charge on any atom is 0.231 e. The lowest BCUT2D eigenvalue weighted by atomic mass is 10.1. The van der Waals surface area contributed by atoms with Crippen molar-refractivity contribution in [3.05, 3.63) is 36.4 Å². The molecule has 5 rings (SSSR count).